The molecule has 2 aliphatic rings. The van der Waals surface area contributed by atoms with Gasteiger partial charge in [0.2, 0.25) is 0 Å². The van der Waals surface area contributed by atoms with Crippen molar-refractivity contribution in [2.24, 2.45) is 11.7 Å². The van der Waals surface area contributed by atoms with Crippen LogP contribution in [0.5, 0.6) is 0 Å². The lowest BCUT2D eigenvalue weighted by Crippen LogP contribution is -2.38. The Bertz CT molecular complexity index is 220. The van der Waals surface area contributed by atoms with Gasteiger partial charge in [0.1, 0.15) is 0 Å². The Kier molecular flexibility index (Phi) is 5.26. The van der Waals surface area contributed by atoms with Crippen LogP contribution in [0.25, 0.3) is 0 Å². The summed E-state index contributed by atoms with van der Waals surface area (Å²) in [5.74, 6) is 0.812. The lowest BCUT2D eigenvalue weighted by molar-refractivity contribution is 0.199. The minimum Gasteiger partial charge on any atom is -0.330 e. The van der Waals surface area contributed by atoms with Crippen molar-refractivity contribution in [1.29, 1.82) is 0 Å². The van der Waals surface area contributed by atoms with E-state index in [-0.39, 0.29) is 0 Å². The van der Waals surface area contributed by atoms with Gasteiger partial charge in [-0.05, 0) is 64.2 Å². The van der Waals surface area contributed by atoms with Crippen molar-refractivity contribution in [3.8, 4) is 0 Å². The first-order chi connectivity index (χ1) is 8.29. The van der Waals surface area contributed by atoms with Crippen molar-refractivity contribution in [1.82, 2.24) is 9.80 Å². The molecular formula is C14H29N3. The first-order valence-electron chi connectivity index (χ1n) is 7.46. The first-order valence-corrected chi connectivity index (χ1v) is 7.46. The molecule has 2 saturated heterocycles. The van der Waals surface area contributed by atoms with E-state index in [9.17, 15) is 0 Å². The second-order valence-corrected chi connectivity index (χ2v) is 5.98. The van der Waals surface area contributed by atoms with Gasteiger partial charge in [0.05, 0.1) is 0 Å². The Balaban J connectivity index is 1.76. The molecule has 2 aliphatic heterocycles. The van der Waals surface area contributed by atoms with E-state index in [1.54, 1.807) is 0 Å². The summed E-state index contributed by atoms with van der Waals surface area (Å²) >= 11 is 0. The molecule has 0 amide bonds. The molecule has 2 fully saturated rings. The first kappa shape index (κ1) is 13.3. The lowest BCUT2D eigenvalue weighted by atomic mass is 10.0. The molecule has 0 aromatic carbocycles. The normalized spacial score (nSPS) is 28.9. The smallest absolute Gasteiger partial charge is 0.0223 e. The molecule has 2 N–H and O–H groups in total. The van der Waals surface area contributed by atoms with Crippen LogP contribution in [0.3, 0.4) is 0 Å². The molecule has 2 unspecified atom stereocenters. The van der Waals surface area contributed by atoms with Crippen LogP contribution < -0.4 is 5.73 Å². The van der Waals surface area contributed by atoms with Crippen LogP contribution in [0.1, 0.15) is 39.0 Å². The Hall–Kier alpha value is -0.120. The van der Waals surface area contributed by atoms with Crippen molar-refractivity contribution in [3.05, 3.63) is 0 Å². The molecule has 2 rings (SSSR count). The van der Waals surface area contributed by atoms with Gasteiger partial charge in [-0.15, -0.1) is 0 Å². The predicted molar refractivity (Wildman–Crippen MR) is 73.1 cm³/mol. The van der Waals surface area contributed by atoms with Crippen LogP contribution in [0.15, 0.2) is 0 Å². The van der Waals surface area contributed by atoms with E-state index in [0.29, 0.717) is 0 Å². The van der Waals surface area contributed by atoms with Crippen molar-refractivity contribution >= 4 is 0 Å². The topological polar surface area (TPSA) is 32.5 Å². The van der Waals surface area contributed by atoms with Gasteiger partial charge in [-0.2, -0.15) is 0 Å². The van der Waals surface area contributed by atoms with Crippen LogP contribution >= 0.6 is 0 Å². The van der Waals surface area contributed by atoms with Gasteiger partial charge in [0.15, 0.2) is 0 Å². The van der Waals surface area contributed by atoms with E-state index in [4.69, 9.17) is 5.73 Å². The highest BCUT2D eigenvalue weighted by Crippen LogP contribution is 2.22. The Morgan fingerprint density at radius 2 is 2.06 bits per heavy atom. The number of nitrogens with two attached hydrogens (primary N) is 1. The Labute approximate surface area is 106 Å². The summed E-state index contributed by atoms with van der Waals surface area (Å²) in [6.45, 7) is 9.81. The summed E-state index contributed by atoms with van der Waals surface area (Å²) in [5, 5.41) is 0. The van der Waals surface area contributed by atoms with Gasteiger partial charge in [-0.25, -0.2) is 0 Å². The zero-order chi connectivity index (χ0) is 12.1. The van der Waals surface area contributed by atoms with Crippen LogP contribution in [0.4, 0.5) is 0 Å². The van der Waals surface area contributed by atoms with Gasteiger partial charge in [-0.1, -0.05) is 6.92 Å². The molecule has 0 aromatic heterocycles. The van der Waals surface area contributed by atoms with Gasteiger partial charge < -0.3 is 10.6 Å². The molecule has 0 radical (unpaired) electrons. The van der Waals surface area contributed by atoms with Crippen LogP contribution in [-0.2, 0) is 0 Å². The number of fused-ring (bicyclic) bond motifs is 1. The van der Waals surface area contributed by atoms with Crippen LogP contribution in [-0.4, -0.2) is 55.1 Å². The second kappa shape index (κ2) is 6.72. The monoisotopic (exact) mass is 239 g/mol. The fourth-order valence-electron chi connectivity index (χ4n) is 3.45. The summed E-state index contributed by atoms with van der Waals surface area (Å²) in [4.78, 5) is 5.42. The van der Waals surface area contributed by atoms with Crippen LogP contribution in [0.2, 0.25) is 0 Å². The molecular weight excluding hydrogens is 210 g/mol. The minimum absolute atomic E-state index is 0.812. The molecule has 0 saturated carbocycles. The Morgan fingerprint density at radius 3 is 2.88 bits per heavy atom. The maximum absolute atomic E-state index is 5.58. The number of nitrogens with zero attached hydrogens (tertiary/aromatic N) is 2. The van der Waals surface area contributed by atoms with Crippen molar-refractivity contribution < 1.29 is 0 Å². The highest BCUT2D eigenvalue weighted by Gasteiger charge is 2.28. The average molecular weight is 239 g/mol. The van der Waals surface area contributed by atoms with Gasteiger partial charge >= 0.3 is 0 Å². The van der Waals surface area contributed by atoms with Gasteiger partial charge in [0.25, 0.3) is 0 Å². The quantitative estimate of drug-likeness (QED) is 0.790. The molecule has 3 heteroatoms. The zero-order valence-electron chi connectivity index (χ0n) is 11.4. The van der Waals surface area contributed by atoms with Crippen molar-refractivity contribution in [2.45, 2.75) is 45.1 Å². The molecule has 0 spiro atoms. The SMILES string of the molecule is CC(CCCN)CN1CCCN2CCCC2C1. The number of rotatable bonds is 5. The Morgan fingerprint density at radius 1 is 1.24 bits per heavy atom. The van der Waals surface area contributed by atoms with E-state index < -0.39 is 0 Å². The summed E-state index contributed by atoms with van der Waals surface area (Å²) < 4.78 is 0. The van der Waals surface area contributed by atoms with Crippen molar-refractivity contribution in [2.75, 3.05) is 39.3 Å². The van der Waals surface area contributed by atoms with Crippen LogP contribution in [0, 0.1) is 5.92 Å². The average Bonchev–Trinajstić information content (AvgIpc) is 2.66. The fraction of sp³-hybridized carbons (Fsp3) is 1.00. The summed E-state index contributed by atoms with van der Waals surface area (Å²) in [5.41, 5.74) is 5.58. The second-order valence-electron chi connectivity index (χ2n) is 5.98. The third-order valence-corrected chi connectivity index (χ3v) is 4.36. The molecule has 17 heavy (non-hydrogen) atoms. The molecule has 0 bridgehead atoms. The molecule has 0 aliphatic carbocycles. The maximum atomic E-state index is 5.58. The predicted octanol–water partition coefficient (Wildman–Crippen LogP) is 1.53. The minimum atomic E-state index is 0.812. The lowest BCUT2D eigenvalue weighted by Gasteiger charge is -2.27. The fourth-order valence-corrected chi connectivity index (χ4v) is 3.45. The van der Waals surface area contributed by atoms with Gasteiger partial charge in [-0.3, -0.25) is 4.90 Å². The molecule has 0 aromatic rings. The van der Waals surface area contributed by atoms with E-state index in [1.807, 2.05) is 0 Å². The van der Waals surface area contributed by atoms with E-state index in [1.165, 1.54) is 64.8 Å². The summed E-state index contributed by atoms with van der Waals surface area (Å²) in [6.07, 6.45) is 6.68. The van der Waals surface area contributed by atoms with E-state index in [2.05, 4.69) is 16.7 Å². The third kappa shape index (κ3) is 3.94. The molecule has 2 heterocycles. The van der Waals surface area contributed by atoms with E-state index in [0.717, 1.165) is 18.5 Å². The summed E-state index contributed by atoms with van der Waals surface area (Å²) in [6, 6.07) is 0.860. The molecule has 3 nitrogen and oxygen atoms in total. The number of hydrogen-bond acceptors (Lipinski definition) is 3. The highest BCUT2D eigenvalue weighted by atomic mass is 15.3. The highest BCUT2D eigenvalue weighted by molar-refractivity contribution is 4.85. The van der Waals surface area contributed by atoms with Gasteiger partial charge in [0, 0.05) is 19.1 Å². The van der Waals surface area contributed by atoms with E-state index >= 15 is 0 Å². The maximum Gasteiger partial charge on any atom is 0.0223 e. The summed E-state index contributed by atoms with van der Waals surface area (Å²) in [7, 11) is 0. The molecule has 100 valence electrons. The number of hydrogen-bond donors (Lipinski definition) is 1. The largest absolute Gasteiger partial charge is 0.330 e. The molecule has 2 atom stereocenters. The standard InChI is InChI=1S/C14H29N3/c1-13(5-2-7-15)11-16-8-4-10-17-9-3-6-14(17)12-16/h13-14H,2-12,15H2,1H3. The van der Waals surface area contributed by atoms with Crippen molar-refractivity contribution in [3.63, 3.8) is 0 Å². The zero-order valence-corrected chi connectivity index (χ0v) is 11.4. The third-order valence-electron chi connectivity index (χ3n) is 4.36.